The van der Waals surface area contributed by atoms with Crippen LogP contribution < -0.4 is 15.0 Å². The number of ether oxygens (including phenoxy) is 1. The topological polar surface area (TPSA) is 67.3 Å². The van der Waals surface area contributed by atoms with Gasteiger partial charge in [0, 0.05) is 36.8 Å². The quantitative estimate of drug-likeness (QED) is 0.751. The second-order valence-electron chi connectivity index (χ2n) is 5.90. The summed E-state index contributed by atoms with van der Waals surface area (Å²) in [5.74, 6) is 1.39. The zero-order chi connectivity index (χ0) is 17.9. The van der Waals surface area contributed by atoms with Crippen molar-refractivity contribution in [1.29, 1.82) is 0 Å². The minimum atomic E-state index is -0.0684. The predicted molar refractivity (Wildman–Crippen MR) is 101 cm³/mol. The Morgan fingerprint density at radius 2 is 2.12 bits per heavy atom. The minimum absolute atomic E-state index is 0.0684. The number of thiophene rings is 1. The van der Waals surface area contributed by atoms with Crippen molar-refractivity contribution in [3.8, 4) is 5.75 Å². The van der Waals surface area contributed by atoms with Crippen LogP contribution in [-0.2, 0) is 13.0 Å². The lowest BCUT2D eigenvalue weighted by atomic mass is 10.2. The Kier molecular flexibility index (Phi) is 4.53. The van der Waals surface area contributed by atoms with Gasteiger partial charge < -0.3 is 15.0 Å². The van der Waals surface area contributed by atoms with Gasteiger partial charge in [-0.1, -0.05) is 12.1 Å². The lowest BCUT2D eigenvalue weighted by Gasteiger charge is -2.15. The van der Waals surface area contributed by atoms with Crippen molar-refractivity contribution in [3.63, 3.8) is 0 Å². The highest BCUT2D eigenvalue weighted by molar-refractivity contribution is 7.14. The lowest BCUT2D eigenvalue weighted by Crippen LogP contribution is -2.22. The van der Waals surface area contributed by atoms with E-state index in [1.54, 1.807) is 25.6 Å². The number of anilines is 2. The molecule has 6 nitrogen and oxygen atoms in total. The number of hydrogen-bond donors (Lipinski definition) is 1. The highest BCUT2D eigenvalue weighted by Gasteiger charge is 2.26. The molecule has 0 atom stereocenters. The molecule has 7 heteroatoms. The summed E-state index contributed by atoms with van der Waals surface area (Å²) in [5, 5.41) is 2.98. The summed E-state index contributed by atoms with van der Waals surface area (Å²) in [4.78, 5) is 25.1. The van der Waals surface area contributed by atoms with Crippen LogP contribution >= 0.6 is 11.3 Å². The van der Waals surface area contributed by atoms with Crippen LogP contribution in [-0.4, -0.2) is 29.5 Å². The van der Waals surface area contributed by atoms with Crippen molar-refractivity contribution in [2.75, 3.05) is 18.6 Å². The first kappa shape index (κ1) is 16.5. The number of benzene rings is 1. The van der Waals surface area contributed by atoms with Crippen LogP contribution in [0.5, 0.6) is 5.75 Å². The Morgan fingerprint density at radius 3 is 2.92 bits per heavy atom. The molecule has 0 unspecified atom stereocenters. The van der Waals surface area contributed by atoms with Crippen LogP contribution in [0.4, 0.5) is 11.6 Å². The molecule has 0 saturated heterocycles. The zero-order valence-electron chi connectivity index (χ0n) is 14.3. The number of amides is 1. The second-order valence-corrected chi connectivity index (χ2v) is 7.04. The zero-order valence-corrected chi connectivity index (χ0v) is 15.1. The number of hydrogen-bond acceptors (Lipinski definition) is 6. The first-order valence-electron chi connectivity index (χ1n) is 8.33. The third-order valence-corrected chi connectivity index (χ3v) is 5.43. The number of rotatable bonds is 5. The van der Waals surface area contributed by atoms with Gasteiger partial charge in [-0.25, -0.2) is 9.97 Å². The summed E-state index contributed by atoms with van der Waals surface area (Å²) in [6.45, 7) is 1.31. The van der Waals surface area contributed by atoms with E-state index in [1.807, 2.05) is 30.3 Å². The van der Waals surface area contributed by atoms with E-state index >= 15 is 0 Å². The molecule has 1 N–H and O–H groups in total. The fourth-order valence-corrected chi connectivity index (χ4v) is 4.03. The molecule has 3 heterocycles. The van der Waals surface area contributed by atoms with Gasteiger partial charge in [-0.3, -0.25) is 4.79 Å². The van der Waals surface area contributed by atoms with Gasteiger partial charge in [-0.05, 0) is 29.8 Å². The van der Waals surface area contributed by atoms with Crippen LogP contribution in [0, 0.1) is 0 Å². The Labute approximate surface area is 155 Å². The second kappa shape index (κ2) is 7.13. The first-order chi connectivity index (χ1) is 12.7. The molecule has 0 radical (unpaired) electrons. The molecular formula is C19H18N4O2S. The van der Waals surface area contributed by atoms with Gasteiger partial charge in [-0.15, -0.1) is 11.3 Å². The maximum atomic E-state index is 12.5. The monoisotopic (exact) mass is 366 g/mol. The van der Waals surface area contributed by atoms with Crippen LogP contribution in [0.25, 0.3) is 0 Å². The van der Waals surface area contributed by atoms with Crippen molar-refractivity contribution in [1.82, 2.24) is 15.3 Å². The van der Waals surface area contributed by atoms with Crippen LogP contribution in [0.1, 0.15) is 20.1 Å². The molecule has 3 aromatic rings. The average Bonchev–Trinajstić information content (AvgIpc) is 3.28. The van der Waals surface area contributed by atoms with Crippen molar-refractivity contribution in [2.45, 2.75) is 13.0 Å². The smallest absolute Gasteiger partial charge is 0.261 e. The van der Waals surface area contributed by atoms with E-state index in [0.29, 0.717) is 17.4 Å². The van der Waals surface area contributed by atoms with Gasteiger partial charge >= 0.3 is 0 Å². The van der Waals surface area contributed by atoms with E-state index in [4.69, 9.17) is 4.74 Å². The number of methoxy groups -OCH3 is 1. The molecule has 0 fully saturated rings. The maximum Gasteiger partial charge on any atom is 0.261 e. The van der Waals surface area contributed by atoms with Crippen molar-refractivity contribution >= 4 is 28.9 Å². The molecule has 0 saturated carbocycles. The highest BCUT2D eigenvalue weighted by atomic mass is 32.1. The SMILES string of the molecule is COc1cccc(CNC(=O)c2cc3c(s2)CCN3c2ncccn2)c1. The Bertz CT molecular complexity index is 926. The van der Waals surface area contributed by atoms with E-state index < -0.39 is 0 Å². The third kappa shape index (κ3) is 3.25. The van der Waals surface area contributed by atoms with Gasteiger partial charge in [0.25, 0.3) is 5.91 Å². The highest BCUT2D eigenvalue weighted by Crippen LogP contribution is 2.38. The van der Waals surface area contributed by atoms with Crippen molar-refractivity contribution in [3.05, 3.63) is 64.1 Å². The maximum absolute atomic E-state index is 12.5. The Balaban J connectivity index is 1.47. The van der Waals surface area contributed by atoms with Gasteiger partial charge in [0.05, 0.1) is 17.7 Å². The molecule has 4 rings (SSSR count). The summed E-state index contributed by atoms with van der Waals surface area (Å²) in [6.07, 6.45) is 4.37. The lowest BCUT2D eigenvalue weighted by molar-refractivity contribution is 0.0955. The van der Waals surface area contributed by atoms with Crippen molar-refractivity contribution in [2.24, 2.45) is 0 Å². The molecule has 26 heavy (non-hydrogen) atoms. The van der Waals surface area contributed by atoms with Gasteiger partial charge in [0.2, 0.25) is 5.95 Å². The number of nitrogens with zero attached hydrogens (tertiary/aromatic N) is 3. The number of aromatic nitrogens is 2. The fraction of sp³-hybridized carbons (Fsp3) is 0.211. The molecule has 132 valence electrons. The van der Waals surface area contributed by atoms with Crippen LogP contribution in [0.15, 0.2) is 48.8 Å². The molecule has 2 aromatic heterocycles. The summed E-state index contributed by atoms with van der Waals surface area (Å²) in [7, 11) is 1.63. The van der Waals surface area contributed by atoms with E-state index in [2.05, 4.69) is 20.2 Å². The van der Waals surface area contributed by atoms with Crippen LogP contribution in [0.2, 0.25) is 0 Å². The molecule has 0 aliphatic carbocycles. The largest absolute Gasteiger partial charge is 0.497 e. The van der Waals surface area contributed by atoms with Crippen molar-refractivity contribution < 1.29 is 9.53 Å². The molecule has 1 aliphatic heterocycles. The molecule has 1 aliphatic rings. The van der Waals surface area contributed by atoms with E-state index in [-0.39, 0.29) is 5.91 Å². The molecular weight excluding hydrogens is 348 g/mol. The number of carbonyl (C=O) groups excluding carboxylic acids is 1. The summed E-state index contributed by atoms with van der Waals surface area (Å²) >= 11 is 1.54. The number of nitrogens with one attached hydrogen (secondary N) is 1. The van der Waals surface area contributed by atoms with Gasteiger partial charge in [-0.2, -0.15) is 0 Å². The molecule has 1 amide bonds. The molecule has 1 aromatic carbocycles. The Morgan fingerprint density at radius 1 is 1.27 bits per heavy atom. The van der Waals surface area contributed by atoms with Crippen LogP contribution in [0.3, 0.4) is 0 Å². The fourth-order valence-electron chi connectivity index (χ4n) is 2.96. The van der Waals surface area contributed by atoms with E-state index in [0.717, 1.165) is 30.0 Å². The summed E-state index contributed by atoms with van der Waals surface area (Å²) in [5.41, 5.74) is 2.04. The van der Waals surface area contributed by atoms with E-state index in [1.165, 1.54) is 16.2 Å². The number of fused-ring (bicyclic) bond motifs is 1. The normalized spacial score (nSPS) is 12.7. The average molecular weight is 366 g/mol. The first-order valence-corrected chi connectivity index (χ1v) is 9.14. The standard InChI is InChI=1S/C19H18N4O2S/c1-25-14-5-2-4-13(10-14)12-22-18(24)17-11-15-16(26-17)6-9-23(15)19-20-7-3-8-21-19/h2-5,7-8,10-11H,6,9,12H2,1H3,(H,22,24). The Hall–Kier alpha value is -2.93. The third-order valence-electron chi connectivity index (χ3n) is 4.24. The van der Waals surface area contributed by atoms with Gasteiger partial charge in [0.15, 0.2) is 0 Å². The minimum Gasteiger partial charge on any atom is -0.497 e. The number of carbonyl (C=O) groups is 1. The summed E-state index contributed by atoms with van der Waals surface area (Å²) < 4.78 is 5.21. The summed E-state index contributed by atoms with van der Waals surface area (Å²) in [6, 6.07) is 11.4. The van der Waals surface area contributed by atoms with Gasteiger partial charge in [0.1, 0.15) is 5.75 Å². The van der Waals surface area contributed by atoms with E-state index in [9.17, 15) is 4.79 Å². The molecule has 0 spiro atoms. The predicted octanol–water partition coefficient (Wildman–Crippen LogP) is 3.17. The molecule has 0 bridgehead atoms.